The van der Waals surface area contributed by atoms with Gasteiger partial charge in [-0.25, -0.2) is 4.42 Å². The summed E-state index contributed by atoms with van der Waals surface area (Å²) >= 11 is 0. The molecule has 8 nitrogen and oxygen atoms in total. The molecule has 0 bridgehead atoms. The van der Waals surface area contributed by atoms with E-state index in [0.29, 0.717) is 11.1 Å². The molecular weight excluding hydrogens is 595 g/mol. The normalized spacial score (nSPS) is 13.9. The molecule has 0 radical (unpaired) electrons. The molecular formula is C38H52BO8-. The highest BCUT2D eigenvalue weighted by atomic mass is 16.5. The lowest BCUT2D eigenvalue weighted by Gasteiger charge is -2.31. The standard InChI is InChI=1S/C18H17O.C15H14O6.C2H6.CH4O.CH4.CH3.BH4/c1-12-10-16(11-13(2)14(12)3)18-9-8-15-6-4-5-7-17(15)19-18;16-8-4-11(18)9-6-13(20)15(21-14(9)5-8)7-1-2-10(17)12(19)3-7;2*1-2;;;/h4-11H,1-3H3;1-5,13,15-20H,6H2;1-2H3;2H,1H3;1H4;1H3;1H4/q+1;;;;;2*-1. The summed E-state index contributed by atoms with van der Waals surface area (Å²) in [5.41, 5.74) is 6.93. The molecule has 0 amide bonds. The fraction of sp³-hybridized carbons (Fsp3) is 0.263. The van der Waals surface area contributed by atoms with Gasteiger partial charge in [0.25, 0.3) is 0 Å². The van der Waals surface area contributed by atoms with Crippen molar-refractivity contribution in [3.05, 3.63) is 114 Å². The highest BCUT2D eigenvalue weighted by Crippen LogP contribution is 2.42. The third kappa shape index (κ3) is 9.88. The largest absolute Gasteiger partial charge is 0.508 e. The van der Waals surface area contributed by atoms with Crippen molar-refractivity contribution in [2.75, 3.05) is 7.11 Å². The van der Waals surface area contributed by atoms with Gasteiger partial charge in [0, 0.05) is 43.4 Å². The first-order valence-corrected chi connectivity index (χ1v) is 14.4. The SMILES string of the molecule is C.CC.CO.Cc1cc(-c2ccc3ccccc3[o+]2)cc(C)c1C.Oc1cc(O)c2c(c1)OC(c1ccc(O)c(O)c1)C(O)C2.[BH4-].[CH3-]. The Bertz CT molecular complexity index is 1700. The van der Waals surface area contributed by atoms with Crippen molar-refractivity contribution in [1.82, 2.24) is 0 Å². The molecule has 0 aliphatic carbocycles. The highest BCUT2D eigenvalue weighted by Gasteiger charge is 2.32. The molecule has 2 heterocycles. The number of ether oxygens (including phenoxy) is 1. The third-order valence-corrected chi connectivity index (χ3v) is 7.28. The molecule has 6 N–H and O–H groups in total. The molecule has 1 aromatic heterocycles. The summed E-state index contributed by atoms with van der Waals surface area (Å²) in [4.78, 5) is 0. The van der Waals surface area contributed by atoms with E-state index in [2.05, 4.69) is 45.0 Å². The minimum Gasteiger partial charge on any atom is -0.508 e. The zero-order valence-electron chi connectivity index (χ0n) is 26.9. The van der Waals surface area contributed by atoms with Crippen LogP contribution in [0.5, 0.6) is 28.7 Å². The maximum Gasteiger partial charge on any atom is 0.360 e. The molecule has 9 heteroatoms. The van der Waals surface area contributed by atoms with Gasteiger partial charge in [0.1, 0.15) is 23.4 Å². The van der Waals surface area contributed by atoms with Crippen LogP contribution in [0.15, 0.2) is 83.3 Å². The van der Waals surface area contributed by atoms with Crippen LogP contribution in [0.4, 0.5) is 0 Å². The number of phenolic OH excluding ortho intramolecular Hbond substituents is 4. The Labute approximate surface area is 280 Å². The van der Waals surface area contributed by atoms with E-state index in [1.807, 2.05) is 38.1 Å². The number of aryl methyl sites for hydroxylation is 2. The number of aliphatic hydroxyl groups excluding tert-OH is 2. The van der Waals surface area contributed by atoms with Crippen LogP contribution in [-0.4, -0.2) is 52.3 Å². The van der Waals surface area contributed by atoms with Crippen molar-refractivity contribution in [3.8, 4) is 40.1 Å². The van der Waals surface area contributed by atoms with E-state index in [1.54, 1.807) is 0 Å². The molecule has 47 heavy (non-hydrogen) atoms. The summed E-state index contributed by atoms with van der Waals surface area (Å²) in [6.45, 7) is 10.5. The Morgan fingerprint density at radius 1 is 0.745 bits per heavy atom. The summed E-state index contributed by atoms with van der Waals surface area (Å²) in [5, 5.41) is 56.4. The Morgan fingerprint density at radius 3 is 1.98 bits per heavy atom. The lowest BCUT2D eigenvalue weighted by Crippen LogP contribution is -2.30. The Hall–Kier alpha value is -4.73. The van der Waals surface area contributed by atoms with E-state index < -0.39 is 12.2 Å². The first-order chi connectivity index (χ1) is 21.1. The van der Waals surface area contributed by atoms with Crippen LogP contribution < -0.4 is 4.74 Å². The lowest BCUT2D eigenvalue weighted by molar-refractivity contribution is 0.0197. The van der Waals surface area contributed by atoms with Crippen molar-refractivity contribution >= 4 is 19.4 Å². The average molecular weight is 648 g/mol. The molecule has 1 aliphatic heterocycles. The van der Waals surface area contributed by atoms with Gasteiger partial charge in [0.05, 0.1) is 17.1 Å². The molecule has 5 aromatic rings. The van der Waals surface area contributed by atoms with Crippen LogP contribution in [0.1, 0.15) is 55.2 Å². The van der Waals surface area contributed by atoms with Crippen LogP contribution >= 0.6 is 0 Å². The number of phenols is 4. The van der Waals surface area contributed by atoms with Gasteiger partial charge in [-0.2, -0.15) is 0 Å². The highest BCUT2D eigenvalue weighted by molar-refractivity contribution is 5.78. The molecule has 0 fully saturated rings. The Morgan fingerprint density at radius 2 is 1.36 bits per heavy atom. The molecule has 6 rings (SSSR count). The maximum atomic E-state index is 10.2. The number of aromatic hydroxyl groups is 4. The summed E-state index contributed by atoms with van der Waals surface area (Å²) < 4.78 is 11.6. The van der Waals surface area contributed by atoms with Crippen LogP contribution in [-0.2, 0) is 6.42 Å². The van der Waals surface area contributed by atoms with Crippen molar-refractivity contribution in [3.63, 3.8) is 0 Å². The monoisotopic (exact) mass is 647 g/mol. The van der Waals surface area contributed by atoms with Gasteiger partial charge in [-0.15, -0.1) is 0 Å². The van der Waals surface area contributed by atoms with Crippen LogP contribution in [0.2, 0.25) is 0 Å². The molecule has 1 aliphatic rings. The van der Waals surface area contributed by atoms with Crippen molar-refractivity contribution < 1.29 is 39.8 Å². The van der Waals surface area contributed by atoms with Gasteiger partial charge in [0.15, 0.2) is 11.5 Å². The number of benzene rings is 4. The van der Waals surface area contributed by atoms with Gasteiger partial charge in [0.2, 0.25) is 0 Å². The van der Waals surface area contributed by atoms with Crippen molar-refractivity contribution in [2.45, 2.75) is 60.7 Å². The fourth-order valence-corrected chi connectivity index (χ4v) is 4.83. The maximum absolute atomic E-state index is 10.2. The molecule has 4 aromatic carbocycles. The molecule has 2 atom stereocenters. The summed E-state index contributed by atoms with van der Waals surface area (Å²) in [5.74, 6) is 0.332. The topological polar surface area (TPSA) is 142 Å². The van der Waals surface area contributed by atoms with Gasteiger partial charge in [-0.1, -0.05) is 47.9 Å². The second-order valence-electron chi connectivity index (χ2n) is 10.1. The van der Waals surface area contributed by atoms with E-state index >= 15 is 0 Å². The average Bonchev–Trinajstić information content (AvgIpc) is 3.03. The Kier molecular flexibility index (Phi) is 17.1. The first-order valence-electron chi connectivity index (χ1n) is 14.4. The Balaban J connectivity index is 0.000000772. The second-order valence-corrected chi connectivity index (χ2v) is 10.1. The molecule has 0 saturated carbocycles. The minimum atomic E-state index is -0.933. The number of hydrogen-bond acceptors (Lipinski definition) is 7. The first kappa shape index (κ1) is 42.3. The summed E-state index contributed by atoms with van der Waals surface area (Å²) in [6, 6.07) is 23.3. The van der Waals surface area contributed by atoms with E-state index in [0.717, 1.165) is 29.4 Å². The van der Waals surface area contributed by atoms with Gasteiger partial charge in [-0.05, 0) is 79.4 Å². The fourth-order valence-electron chi connectivity index (χ4n) is 4.83. The predicted molar refractivity (Wildman–Crippen MR) is 197 cm³/mol. The summed E-state index contributed by atoms with van der Waals surface area (Å²) in [6.07, 6.45) is -1.56. The van der Waals surface area contributed by atoms with Crippen LogP contribution in [0.3, 0.4) is 0 Å². The minimum absolute atomic E-state index is 0. The van der Waals surface area contributed by atoms with Crippen molar-refractivity contribution in [2.24, 2.45) is 0 Å². The number of fused-ring (bicyclic) bond motifs is 2. The van der Waals surface area contributed by atoms with E-state index in [1.165, 1.54) is 47.0 Å². The van der Waals surface area contributed by atoms with Gasteiger partial charge >= 0.3 is 11.3 Å². The number of aliphatic hydroxyl groups is 2. The van der Waals surface area contributed by atoms with Crippen LogP contribution in [0, 0.1) is 28.2 Å². The van der Waals surface area contributed by atoms with Crippen molar-refractivity contribution in [1.29, 1.82) is 0 Å². The number of para-hydroxylation sites is 1. The quantitative estimate of drug-likeness (QED) is 0.0515. The molecule has 2 unspecified atom stereocenters. The number of rotatable bonds is 2. The molecule has 256 valence electrons. The van der Waals surface area contributed by atoms with E-state index in [9.17, 15) is 25.5 Å². The lowest BCUT2D eigenvalue weighted by atomic mass is 9.94. The third-order valence-electron chi connectivity index (χ3n) is 7.28. The number of hydrogen-bond donors (Lipinski definition) is 6. The zero-order chi connectivity index (χ0) is 32.6. The van der Waals surface area contributed by atoms with E-state index in [-0.39, 0.29) is 58.4 Å². The molecule has 0 saturated heterocycles. The second kappa shape index (κ2) is 19.1. The van der Waals surface area contributed by atoms with E-state index in [4.69, 9.17) is 14.3 Å². The van der Waals surface area contributed by atoms with Gasteiger partial charge < -0.3 is 42.8 Å². The van der Waals surface area contributed by atoms with Gasteiger partial charge in [-0.3, -0.25) is 0 Å². The molecule has 0 spiro atoms. The summed E-state index contributed by atoms with van der Waals surface area (Å²) in [7, 11) is 1.00. The predicted octanol–water partition coefficient (Wildman–Crippen LogP) is 7.12. The smallest absolute Gasteiger partial charge is 0.360 e. The van der Waals surface area contributed by atoms with Crippen LogP contribution in [0.25, 0.3) is 22.3 Å². The zero-order valence-corrected chi connectivity index (χ0v) is 26.9.